The van der Waals surface area contributed by atoms with Crippen LogP contribution in [0.5, 0.6) is 0 Å². The zero-order valence-corrected chi connectivity index (χ0v) is 22.9. The van der Waals surface area contributed by atoms with Gasteiger partial charge in [0.1, 0.15) is 5.65 Å². The molecule has 0 amide bonds. The zero-order valence-electron chi connectivity index (χ0n) is 21.2. The fraction of sp³-hybridized carbons (Fsp3) is 0.458. The molecule has 1 aromatic carbocycles. The van der Waals surface area contributed by atoms with Crippen molar-refractivity contribution < 1.29 is 26.0 Å². The second kappa shape index (κ2) is 12.6. The Bertz CT molecular complexity index is 1490. The molecule has 212 valence electrons. The van der Waals surface area contributed by atoms with Crippen molar-refractivity contribution in [3.05, 3.63) is 63.6 Å². The van der Waals surface area contributed by atoms with E-state index < -0.39 is 38.8 Å². The summed E-state index contributed by atoms with van der Waals surface area (Å²) in [4.78, 5) is 21.8. The fourth-order valence-electron chi connectivity index (χ4n) is 4.51. The van der Waals surface area contributed by atoms with E-state index in [2.05, 4.69) is 20.0 Å². The minimum atomic E-state index is -3.26. The number of hydrogen-bond donors (Lipinski definition) is 3. The van der Waals surface area contributed by atoms with Crippen molar-refractivity contribution in [1.29, 1.82) is 0 Å². The maximum Gasteiger partial charge on any atom is 0.269 e. The van der Waals surface area contributed by atoms with Gasteiger partial charge in [0, 0.05) is 37.3 Å². The Kier molecular flexibility index (Phi) is 9.38. The molecule has 1 unspecified atom stereocenters. The normalized spacial score (nSPS) is 16.1. The smallest absolute Gasteiger partial charge is 0.269 e. The number of alkyl halides is 2. The number of sulfonamides is 1. The summed E-state index contributed by atoms with van der Waals surface area (Å²) in [6.07, 6.45) is 2.02. The second-order valence-corrected chi connectivity index (χ2v) is 12.2. The summed E-state index contributed by atoms with van der Waals surface area (Å²) in [6.45, 7) is 1.12. The Morgan fingerprint density at radius 3 is 2.46 bits per heavy atom. The first kappa shape index (κ1) is 29.1. The standard InChI is InChI=1S/C24H30F2N6O5S2/c1-39(36,37)31-11-8-19(9-12-31)29-24-27-14-18-13-20(21(25)26)23(33)32(22(18)30-24)15-17-6-4-16(5-7-17)3-2-10-28-38(34)35/h4-7,13-14,19,21,28H,2-3,8-12,15H2,1H3,(H,34,35)(H,27,29,30). The van der Waals surface area contributed by atoms with Crippen LogP contribution in [-0.4, -0.2) is 68.0 Å². The molecule has 1 aliphatic heterocycles. The van der Waals surface area contributed by atoms with Gasteiger partial charge in [-0.15, -0.1) is 0 Å². The third kappa shape index (κ3) is 7.63. The van der Waals surface area contributed by atoms with Gasteiger partial charge in [-0.25, -0.2) is 35.4 Å². The summed E-state index contributed by atoms with van der Waals surface area (Å²) < 4.78 is 75.4. The second-order valence-electron chi connectivity index (χ2n) is 9.41. The topological polar surface area (TPSA) is 147 Å². The van der Waals surface area contributed by atoms with Crippen LogP contribution in [0.15, 0.2) is 41.3 Å². The van der Waals surface area contributed by atoms with Gasteiger partial charge in [0.25, 0.3) is 12.0 Å². The number of anilines is 1. The predicted octanol–water partition coefficient (Wildman–Crippen LogP) is 2.27. The van der Waals surface area contributed by atoms with E-state index in [4.69, 9.17) is 4.55 Å². The largest absolute Gasteiger partial charge is 0.351 e. The molecule has 0 spiro atoms. The van der Waals surface area contributed by atoms with Crippen LogP contribution in [0.2, 0.25) is 0 Å². The first-order valence-corrected chi connectivity index (χ1v) is 15.3. The number of rotatable bonds is 11. The first-order valence-electron chi connectivity index (χ1n) is 12.3. The van der Waals surface area contributed by atoms with Gasteiger partial charge in [-0.2, -0.15) is 4.98 Å². The number of fused-ring (bicyclic) bond motifs is 1. The van der Waals surface area contributed by atoms with Gasteiger partial charge in [-0.1, -0.05) is 24.3 Å². The van der Waals surface area contributed by atoms with Crippen LogP contribution in [0.25, 0.3) is 11.0 Å². The quantitative estimate of drug-likeness (QED) is 0.230. The van der Waals surface area contributed by atoms with Crippen LogP contribution in [0.4, 0.5) is 14.7 Å². The molecule has 0 radical (unpaired) electrons. The number of benzene rings is 1. The number of hydrogen-bond acceptors (Lipinski definition) is 7. The van der Waals surface area contributed by atoms with Crippen molar-refractivity contribution in [3.63, 3.8) is 0 Å². The number of nitrogens with zero attached hydrogens (tertiary/aromatic N) is 4. The van der Waals surface area contributed by atoms with Gasteiger partial charge < -0.3 is 5.32 Å². The lowest BCUT2D eigenvalue weighted by Crippen LogP contribution is -2.42. The minimum Gasteiger partial charge on any atom is -0.351 e. The van der Waals surface area contributed by atoms with E-state index in [9.17, 15) is 26.2 Å². The van der Waals surface area contributed by atoms with Gasteiger partial charge >= 0.3 is 0 Å². The monoisotopic (exact) mass is 584 g/mol. The van der Waals surface area contributed by atoms with Crippen molar-refractivity contribution >= 4 is 38.3 Å². The lowest BCUT2D eigenvalue weighted by atomic mass is 10.1. The highest BCUT2D eigenvalue weighted by atomic mass is 32.2. The summed E-state index contributed by atoms with van der Waals surface area (Å²) in [5, 5.41) is 3.48. The van der Waals surface area contributed by atoms with Crippen LogP contribution in [0.1, 0.15) is 42.4 Å². The van der Waals surface area contributed by atoms with E-state index in [1.807, 2.05) is 12.1 Å². The van der Waals surface area contributed by atoms with Crippen LogP contribution < -0.4 is 15.6 Å². The summed E-state index contributed by atoms with van der Waals surface area (Å²) in [5.41, 5.74) is 0.437. The van der Waals surface area contributed by atoms with Crippen LogP contribution in [0.3, 0.4) is 0 Å². The van der Waals surface area contributed by atoms with E-state index in [1.165, 1.54) is 21.3 Å². The SMILES string of the molecule is CS(=O)(=O)N1CCC(Nc2ncc3cc(C(F)F)c(=O)n(Cc4ccc(CCCNS(=O)O)cc4)c3n2)CC1. The Morgan fingerprint density at radius 1 is 1.18 bits per heavy atom. The Hall–Kier alpha value is -2.85. The van der Waals surface area contributed by atoms with Gasteiger partial charge in [0.2, 0.25) is 27.2 Å². The van der Waals surface area contributed by atoms with Gasteiger partial charge in [0.15, 0.2) is 0 Å². The van der Waals surface area contributed by atoms with Crippen LogP contribution in [-0.2, 0) is 34.3 Å². The summed E-state index contributed by atoms with van der Waals surface area (Å²) in [6, 6.07) is 8.36. The van der Waals surface area contributed by atoms with Crippen molar-refractivity contribution in [2.24, 2.45) is 0 Å². The van der Waals surface area contributed by atoms with Crippen LogP contribution in [0, 0.1) is 0 Å². The predicted molar refractivity (Wildman–Crippen MR) is 144 cm³/mol. The lowest BCUT2D eigenvalue weighted by Gasteiger charge is -2.30. The molecular formula is C24H30F2N6O5S2. The van der Waals surface area contributed by atoms with Crippen molar-refractivity contribution in [3.8, 4) is 0 Å². The van der Waals surface area contributed by atoms with E-state index in [1.54, 1.807) is 12.1 Å². The van der Waals surface area contributed by atoms with Crippen molar-refractivity contribution in [2.45, 2.75) is 44.7 Å². The van der Waals surface area contributed by atoms with Crippen LogP contribution >= 0.6 is 0 Å². The molecule has 1 aliphatic rings. The lowest BCUT2D eigenvalue weighted by molar-refractivity contribution is 0.149. The molecule has 2 aromatic heterocycles. The number of pyridine rings is 1. The molecule has 3 aromatic rings. The molecule has 15 heteroatoms. The van der Waals surface area contributed by atoms with E-state index >= 15 is 0 Å². The maximum atomic E-state index is 13.7. The molecule has 1 saturated heterocycles. The number of aromatic nitrogens is 3. The Morgan fingerprint density at radius 2 is 1.85 bits per heavy atom. The van der Waals surface area contributed by atoms with E-state index in [0.29, 0.717) is 56.3 Å². The molecule has 1 atom stereocenters. The fourth-order valence-corrected chi connectivity index (χ4v) is 5.71. The maximum absolute atomic E-state index is 13.7. The molecule has 0 saturated carbocycles. The van der Waals surface area contributed by atoms with Crippen molar-refractivity contribution in [2.75, 3.05) is 31.2 Å². The molecule has 3 N–H and O–H groups in total. The molecule has 3 heterocycles. The van der Waals surface area contributed by atoms with Gasteiger partial charge in [-0.3, -0.25) is 13.9 Å². The third-order valence-electron chi connectivity index (χ3n) is 6.58. The first-order chi connectivity index (χ1) is 18.5. The molecule has 0 aliphatic carbocycles. The van der Waals surface area contributed by atoms with Gasteiger partial charge in [0.05, 0.1) is 18.4 Å². The number of piperidine rings is 1. The Labute approximate surface area is 227 Å². The molecule has 0 bridgehead atoms. The highest BCUT2D eigenvalue weighted by Crippen LogP contribution is 2.22. The number of aryl methyl sites for hydroxylation is 1. The highest BCUT2D eigenvalue weighted by Gasteiger charge is 2.25. The molecule has 39 heavy (non-hydrogen) atoms. The number of nitrogens with one attached hydrogen (secondary N) is 2. The third-order valence-corrected chi connectivity index (χ3v) is 8.33. The number of halogens is 2. The molecule has 4 rings (SSSR count). The molecule has 1 fully saturated rings. The Balaban J connectivity index is 1.55. The minimum absolute atomic E-state index is 0.0183. The summed E-state index contributed by atoms with van der Waals surface area (Å²) >= 11 is -2.05. The van der Waals surface area contributed by atoms with Crippen molar-refractivity contribution in [1.82, 2.24) is 23.6 Å². The average Bonchev–Trinajstić information content (AvgIpc) is 2.88. The van der Waals surface area contributed by atoms with Gasteiger partial charge in [-0.05, 0) is 42.9 Å². The zero-order chi connectivity index (χ0) is 28.2. The van der Waals surface area contributed by atoms with E-state index in [-0.39, 0.29) is 24.2 Å². The summed E-state index contributed by atoms with van der Waals surface area (Å²) in [7, 11) is -3.26. The van der Waals surface area contributed by atoms with E-state index in [0.717, 1.165) is 11.6 Å². The highest BCUT2D eigenvalue weighted by molar-refractivity contribution is 7.88. The molecule has 11 nitrogen and oxygen atoms in total. The molecular weight excluding hydrogens is 554 g/mol. The summed E-state index contributed by atoms with van der Waals surface area (Å²) in [5.74, 6) is 0.228. The average molecular weight is 585 g/mol.